The van der Waals surface area contributed by atoms with E-state index in [2.05, 4.69) is 18.3 Å². The van der Waals surface area contributed by atoms with Gasteiger partial charge in [0.1, 0.15) is 30.2 Å². The first-order chi connectivity index (χ1) is 15.7. The van der Waals surface area contributed by atoms with Crippen LogP contribution in [0.3, 0.4) is 0 Å². The van der Waals surface area contributed by atoms with Crippen molar-refractivity contribution in [1.82, 2.24) is 9.55 Å². The number of nitrogens with two attached hydrogens (primary N) is 1. The summed E-state index contributed by atoms with van der Waals surface area (Å²) in [7, 11) is -11.3. The minimum Gasteiger partial charge on any atom is -0.756 e. The van der Waals surface area contributed by atoms with E-state index in [-0.39, 0.29) is 12.2 Å². The largest absolute Gasteiger partial charge is 0.756 e. The highest BCUT2D eigenvalue weighted by atomic mass is 31.3. The van der Waals surface area contributed by atoms with Crippen molar-refractivity contribution in [1.29, 1.82) is 0 Å². The Morgan fingerprint density at radius 2 is 1.85 bits per heavy atom. The van der Waals surface area contributed by atoms with Gasteiger partial charge in [-0.3, -0.25) is 18.2 Å². The van der Waals surface area contributed by atoms with E-state index in [0.717, 1.165) is 10.8 Å². The van der Waals surface area contributed by atoms with Crippen molar-refractivity contribution in [2.24, 2.45) is 0 Å². The molecule has 3 unspecified atom stereocenters. The van der Waals surface area contributed by atoms with E-state index < -0.39 is 77.1 Å². The molecule has 19 heteroatoms. The zero-order chi connectivity index (χ0) is 25.4. The number of aromatic nitrogens is 2. The van der Waals surface area contributed by atoms with Crippen molar-refractivity contribution in [3.8, 4) is 0 Å². The number of phosphoric acid groups is 2. The zero-order valence-electron chi connectivity index (χ0n) is 17.4. The molecule has 0 bridgehead atoms. The summed E-state index contributed by atoms with van der Waals surface area (Å²) in [5.41, 5.74) is 4.45. The summed E-state index contributed by atoms with van der Waals surface area (Å²) in [6.07, 6.45) is -11.1. The number of hydrogen-bond acceptors (Lipinski definition) is 16. The third-order valence-electron chi connectivity index (χ3n) is 4.98. The first-order valence-electron chi connectivity index (χ1n) is 9.73. The van der Waals surface area contributed by atoms with Crippen molar-refractivity contribution < 1.29 is 62.2 Å². The highest BCUT2D eigenvalue weighted by Crippen LogP contribution is 2.57. The van der Waals surface area contributed by atoms with Crippen LogP contribution in [0.1, 0.15) is 19.6 Å². The molecule has 3 heterocycles. The molecule has 0 aromatic carbocycles. The normalized spacial score (nSPS) is 37.7. The van der Waals surface area contributed by atoms with Gasteiger partial charge in [0, 0.05) is 12.6 Å². The number of ether oxygens (including phenoxy) is 2. The summed E-state index contributed by atoms with van der Waals surface area (Å²) in [6, 6.07) is 1.22. The van der Waals surface area contributed by atoms with Gasteiger partial charge >= 0.3 is 5.69 Å². The average molecular weight is 531 g/mol. The van der Waals surface area contributed by atoms with Gasteiger partial charge in [-0.15, -0.1) is 0 Å². The van der Waals surface area contributed by atoms with E-state index in [1.165, 1.54) is 13.0 Å². The molecule has 2 saturated heterocycles. The highest BCUT2D eigenvalue weighted by Gasteiger charge is 2.45. The molecule has 0 saturated carbocycles. The molecule has 1 aromatic rings. The second-order valence-electron chi connectivity index (χ2n) is 7.55. The van der Waals surface area contributed by atoms with Gasteiger partial charge in [-0.25, -0.2) is 9.11 Å². The molecule has 2 aliphatic heterocycles. The maximum Gasteiger partial charge on any atom is 0.351 e. The number of phosphoric ester groups is 2. The van der Waals surface area contributed by atoms with Gasteiger partial charge in [0.15, 0.2) is 12.5 Å². The van der Waals surface area contributed by atoms with Gasteiger partial charge in [0.2, 0.25) is 0 Å². The Labute approximate surface area is 191 Å². The third kappa shape index (κ3) is 6.47. The summed E-state index contributed by atoms with van der Waals surface area (Å²) in [4.78, 5) is 39.3. The Morgan fingerprint density at radius 3 is 2.50 bits per heavy atom. The van der Waals surface area contributed by atoms with Crippen LogP contribution in [-0.2, 0) is 32.0 Å². The number of aliphatic hydroxyl groups is 4. The fourth-order valence-electron chi connectivity index (χ4n) is 3.21. The molecule has 0 spiro atoms. The van der Waals surface area contributed by atoms with Crippen LogP contribution >= 0.6 is 15.6 Å². The molecule has 2 fully saturated rings. The molecule has 2 aliphatic rings. The van der Waals surface area contributed by atoms with E-state index in [1.807, 2.05) is 0 Å². The lowest BCUT2D eigenvalue weighted by Crippen LogP contribution is -2.47. The molecule has 6 N–H and O–H groups in total. The number of nitrogen functional groups attached to an aromatic ring is 1. The maximum absolute atomic E-state index is 12.0. The molecule has 17 nitrogen and oxygen atoms in total. The molecule has 194 valence electrons. The van der Waals surface area contributed by atoms with E-state index in [1.54, 1.807) is 0 Å². The lowest BCUT2D eigenvalue weighted by molar-refractivity contribution is -0.281. The molecule has 0 amide bonds. The van der Waals surface area contributed by atoms with Gasteiger partial charge < -0.3 is 49.9 Å². The van der Waals surface area contributed by atoms with Crippen molar-refractivity contribution in [3.63, 3.8) is 0 Å². The van der Waals surface area contributed by atoms with Crippen LogP contribution in [0, 0.1) is 0 Å². The van der Waals surface area contributed by atoms with Crippen molar-refractivity contribution >= 4 is 21.5 Å². The van der Waals surface area contributed by atoms with Gasteiger partial charge in [-0.1, -0.05) is 0 Å². The van der Waals surface area contributed by atoms with Crippen LogP contribution in [-0.4, -0.2) is 79.5 Å². The smallest absolute Gasteiger partial charge is 0.351 e. The average Bonchev–Trinajstić information content (AvgIpc) is 2.98. The molecule has 1 aromatic heterocycles. The predicted molar refractivity (Wildman–Crippen MR) is 103 cm³/mol. The maximum atomic E-state index is 12.0. The van der Waals surface area contributed by atoms with Crippen molar-refractivity contribution in [3.05, 3.63) is 22.7 Å². The van der Waals surface area contributed by atoms with Crippen molar-refractivity contribution in [2.45, 2.75) is 62.5 Å². The first kappa shape index (κ1) is 27.3. The summed E-state index contributed by atoms with van der Waals surface area (Å²) < 4.78 is 47.7. The predicted octanol–water partition coefficient (Wildman–Crippen LogP) is -3.71. The van der Waals surface area contributed by atoms with Crippen LogP contribution in [0.4, 0.5) is 5.82 Å². The minimum atomic E-state index is -5.66. The van der Waals surface area contributed by atoms with Crippen molar-refractivity contribution in [2.75, 3.05) is 12.3 Å². The first-order valence-corrected chi connectivity index (χ1v) is 12.7. The van der Waals surface area contributed by atoms with E-state index in [4.69, 9.17) is 15.2 Å². The number of rotatable bonds is 8. The minimum absolute atomic E-state index is 0.111. The summed E-state index contributed by atoms with van der Waals surface area (Å²) in [6.45, 7) is 0.354. The molecule has 34 heavy (non-hydrogen) atoms. The molecule has 3 rings (SSSR count). The molecule has 10 atom stereocenters. The van der Waals surface area contributed by atoms with Gasteiger partial charge in [-0.2, -0.15) is 4.98 Å². The van der Waals surface area contributed by atoms with Crippen LogP contribution in [0.25, 0.3) is 0 Å². The molecule has 0 aliphatic carbocycles. The van der Waals surface area contributed by atoms with Crippen LogP contribution in [0.15, 0.2) is 17.1 Å². The fraction of sp³-hybridized carbons (Fsp3) is 0.733. The van der Waals surface area contributed by atoms with E-state index >= 15 is 0 Å². The van der Waals surface area contributed by atoms with Crippen LogP contribution in [0.2, 0.25) is 0 Å². The number of aliphatic hydroxyl groups excluding tert-OH is 4. The Morgan fingerprint density at radius 1 is 1.18 bits per heavy atom. The Kier molecular flexibility index (Phi) is 8.32. The third-order valence-corrected chi connectivity index (χ3v) is 7.51. The quantitative estimate of drug-likeness (QED) is 0.202. The summed E-state index contributed by atoms with van der Waals surface area (Å²) >= 11 is 0. The lowest BCUT2D eigenvalue weighted by Gasteiger charge is -2.39. The number of nitrogens with zero attached hydrogens (tertiary/aromatic N) is 2. The molecular formula is C15H23N3O14P2-2. The monoisotopic (exact) mass is 531 g/mol. The van der Waals surface area contributed by atoms with Gasteiger partial charge in [0.05, 0.1) is 18.8 Å². The topological polar surface area (TPSA) is 268 Å². The standard InChI is InChI=1S/C15H25N3O14P2/c1-6-7(19)4-8(20)14(29-6)31-34(26,27)32-33(24,25)28-5-9-11(21)12(22)13(30-9)18-3-2-10(16)17-15(18)23/h2-3,6-9,11-14,19-22H,4-5H2,1H3,(H,24,25)(H,26,27)(H2,16,17,23)/p-2/t6-,7+,8+,9-,11-,12-,13-,14?/m1/s1. The Hall–Kier alpha value is -1.30. The second-order valence-corrected chi connectivity index (χ2v) is 10.5. The highest BCUT2D eigenvalue weighted by molar-refractivity contribution is 7.59. The molecule has 0 radical (unpaired) electrons. The fourth-order valence-corrected chi connectivity index (χ4v) is 5.31. The number of hydrogen-bond donors (Lipinski definition) is 5. The van der Waals surface area contributed by atoms with E-state index in [9.17, 15) is 44.1 Å². The lowest BCUT2D eigenvalue weighted by atomic mass is 10.0. The van der Waals surface area contributed by atoms with Gasteiger partial charge in [-0.05, 0) is 13.0 Å². The summed E-state index contributed by atoms with van der Waals surface area (Å²) in [5.74, 6) is -0.111. The zero-order valence-corrected chi connectivity index (χ0v) is 19.2. The van der Waals surface area contributed by atoms with Crippen LogP contribution in [0.5, 0.6) is 0 Å². The van der Waals surface area contributed by atoms with E-state index in [0.29, 0.717) is 0 Å². The second kappa shape index (κ2) is 10.4. The number of anilines is 1. The SMILES string of the molecule is C[C@H]1OC(OP(=O)([O-])OP(=O)([O-])OC[C@H]2O[C@@H](n3ccc(N)nc3=O)[C@H](O)[C@@H]2O)[C@@H](O)C[C@@H]1O. The molecular weight excluding hydrogens is 508 g/mol. The Balaban J connectivity index is 1.59. The Bertz CT molecular complexity index is 1020. The van der Waals surface area contributed by atoms with Gasteiger partial charge in [0.25, 0.3) is 15.6 Å². The summed E-state index contributed by atoms with van der Waals surface area (Å²) in [5, 5.41) is 39.6. The van der Waals surface area contributed by atoms with Crippen LogP contribution < -0.4 is 21.2 Å².